The number of hydrogen-bond acceptors (Lipinski definition) is 3. The van der Waals surface area contributed by atoms with E-state index in [1.54, 1.807) is 12.4 Å². The number of pyridine rings is 2. The van der Waals surface area contributed by atoms with Crippen LogP contribution in [0, 0.1) is 11.8 Å². The Morgan fingerprint density at radius 2 is 2.00 bits per heavy atom. The van der Waals surface area contributed by atoms with E-state index in [0.29, 0.717) is 6.04 Å². The molecule has 1 aliphatic rings. The normalized spacial score (nSPS) is 15.0. The summed E-state index contributed by atoms with van der Waals surface area (Å²) < 4.78 is 0. The molecule has 0 saturated heterocycles. The lowest BCUT2D eigenvalue weighted by molar-refractivity contribution is 0.463. The molecule has 4 nitrogen and oxygen atoms in total. The molecule has 120 valence electrons. The molecule has 3 aromatic heterocycles. The minimum Gasteiger partial charge on any atom is -0.381 e. The van der Waals surface area contributed by atoms with E-state index in [4.69, 9.17) is 0 Å². The van der Waals surface area contributed by atoms with Gasteiger partial charge in [-0.15, -0.1) is 0 Å². The maximum atomic E-state index is 4.49. The van der Waals surface area contributed by atoms with Gasteiger partial charge >= 0.3 is 0 Å². The highest BCUT2D eigenvalue weighted by molar-refractivity contribution is 5.92. The lowest BCUT2D eigenvalue weighted by Crippen LogP contribution is -2.22. The molecular formula is C20H20N4. The van der Waals surface area contributed by atoms with Crippen LogP contribution in [-0.4, -0.2) is 21.0 Å². The molecule has 0 unspecified atom stereocenters. The lowest BCUT2D eigenvalue weighted by Gasteiger charge is -2.24. The van der Waals surface area contributed by atoms with E-state index in [2.05, 4.69) is 38.2 Å². The zero-order valence-corrected chi connectivity index (χ0v) is 13.5. The Labute approximate surface area is 141 Å². The monoisotopic (exact) mass is 316 g/mol. The molecule has 2 N–H and O–H groups in total. The van der Waals surface area contributed by atoms with Gasteiger partial charge < -0.3 is 10.3 Å². The van der Waals surface area contributed by atoms with Gasteiger partial charge in [-0.3, -0.25) is 4.98 Å². The number of rotatable bonds is 2. The Morgan fingerprint density at radius 3 is 2.83 bits per heavy atom. The number of hydrogen-bond donors (Lipinski definition) is 2. The first-order chi connectivity index (χ1) is 11.9. The van der Waals surface area contributed by atoms with E-state index < -0.39 is 0 Å². The second kappa shape index (κ2) is 6.76. The van der Waals surface area contributed by atoms with Gasteiger partial charge in [-0.1, -0.05) is 31.1 Å². The maximum Gasteiger partial charge on any atom is 0.139 e. The fraction of sp³-hybridized carbons (Fsp3) is 0.300. The van der Waals surface area contributed by atoms with Gasteiger partial charge in [0.25, 0.3) is 0 Å². The lowest BCUT2D eigenvalue weighted by atomic mass is 9.95. The van der Waals surface area contributed by atoms with Crippen LogP contribution < -0.4 is 5.32 Å². The Bertz CT molecular complexity index is 880. The van der Waals surface area contributed by atoms with Crippen LogP contribution in [0.25, 0.3) is 11.0 Å². The van der Waals surface area contributed by atoms with Crippen LogP contribution in [0.2, 0.25) is 0 Å². The summed E-state index contributed by atoms with van der Waals surface area (Å²) in [4.78, 5) is 11.8. The van der Waals surface area contributed by atoms with E-state index in [1.165, 1.54) is 32.1 Å². The maximum absolute atomic E-state index is 4.49. The SMILES string of the molecule is C(#Cc1cnc2[nH]ccc2c1NC1CCCCC1)c1cccnc1. The molecule has 0 atom stereocenters. The first-order valence-corrected chi connectivity index (χ1v) is 8.55. The summed E-state index contributed by atoms with van der Waals surface area (Å²) in [5.74, 6) is 6.46. The standard InChI is InChI=1S/C20H20N4/c1-2-6-17(7-3-1)24-19-16(9-8-15-5-4-11-21-13-15)14-23-20-18(19)10-12-22-20/h4-5,10-14,17H,1-3,6-7H2,(H2,22,23,24). The Morgan fingerprint density at radius 1 is 1.08 bits per heavy atom. The summed E-state index contributed by atoms with van der Waals surface area (Å²) in [5, 5.41) is 4.85. The molecule has 24 heavy (non-hydrogen) atoms. The van der Waals surface area contributed by atoms with E-state index in [-0.39, 0.29) is 0 Å². The van der Waals surface area contributed by atoms with Crippen molar-refractivity contribution in [1.82, 2.24) is 15.0 Å². The summed E-state index contributed by atoms with van der Waals surface area (Å²) in [6.07, 6.45) is 13.7. The summed E-state index contributed by atoms with van der Waals surface area (Å²) in [5.41, 5.74) is 3.86. The smallest absolute Gasteiger partial charge is 0.139 e. The van der Waals surface area contributed by atoms with Crippen molar-refractivity contribution >= 4 is 16.7 Å². The topological polar surface area (TPSA) is 53.6 Å². The molecule has 4 heteroatoms. The van der Waals surface area contributed by atoms with Gasteiger partial charge in [-0.2, -0.15) is 0 Å². The highest BCUT2D eigenvalue weighted by Gasteiger charge is 2.16. The summed E-state index contributed by atoms with van der Waals surface area (Å²) in [6.45, 7) is 0. The molecule has 1 fully saturated rings. The van der Waals surface area contributed by atoms with E-state index >= 15 is 0 Å². The number of fused-ring (bicyclic) bond motifs is 1. The number of H-pyrrole nitrogens is 1. The molecule has 0 bridgehead atoms. The molecule has 0 aliphatic heterocycles. The van der Waals surface area contributed by atoms with Crippen molar-refractivity contribution in [3.63, 3.8) is 0 Å². The van der Waals surface area contributed by atoms with Crippen molar-refractivity contribution in [2.24, 2.45) is 0 Å². The number of anilines is 1. The van der Waals surface area contributed by atoms with Crippen LogP contribution in [0.5, 0.6) is 0 Å². The number of nitrogens with one attached hydrogen (secondary N) is 2. The van der Waals surface area contributed by atoms with Gasteiger partial charge in [0, 0.05) is 41.8 Å². The fourth-order valence-corrected chi connectivity index (χ4v) is 3.29. The molecule has 1 saturated carbocycles. The average Bonchev–Trinajstić information content (AvgIpc) is 3.12. The number of nitrogens with zero attached hydrogens (tertiary/aromatic N) is 2. The summed E-state index contributed by atoms with van der Waals surface area (Å²) in [6, 6.07) is 6.47. The third kappa shape index (κ3) is 3.11. The van der Waals surface area contributed by atoms with Crippen molar-refractivity contribution in [1.29, 1.82) is 0 Å². The van der Waals surface area contributed by atoms with E-state index in [9.17, 15) is 0 Å². The average molecular weight is 316 g/mol. The van der Waals surface area contributed by atoms with Crippen molar-refractivity contribution in [2.45, 2.75) is 38.1 Å². The van der Waals surface area contributed by atoms with Gasteiger partial charge in [-0.05, 0) is 31.0 Å². The minimum absolute atomic E-state index is 0.526. The second-order valence-electron chi connectivity index (χ2n) is 6.26. The van der Waals surface area contributed by atoms with Gasteiger partial charge in [0.15, 0.2) is 0 Å². The van der Waals surface area contributed by atoms with Crippen molar-refractivity contribution in [3.8, 4) is 11.8 Å². The van der Waals surface area contributed by atoms with Gasteiger partial charge in [0.1, 0.15) is 5.65 Å². The van der Waals surface area contributed by atoms with Gasteiger partial charge in [0.2, 0.25) is 0 Å². The first-order valence-electron chi connectivity index (χ1n) is 8.55. The van der Waals surface area contributed by atoms with Crippen molar-refractivity contribution in [3.05, 3.63) is 54.1 Å². The van der Waals surface area contributed by atoms with Crippen LogP contribution in [-0.2, 0) is 0 Å². The van der Waals surface area contributed by atoms with Crippen molar-refractivity contribution < 1.29 is 0 Å². The Hall–Kier alpha value is -2.80. The molecule has 1 aliphatic carbocycles. The van der Waals surface area contributed by atoms with Gasteiger partial charge in [0.05, 0.1) is 11.3 Å². The quantitative estimate of drug-likeness (QED) is 0.700. The largest absolute Gasteiger partial charge is 0.381 e. The Kier molecular flexibility index (Phi) is 4.16. The second-order valence-corrected chi connectivity index (χ2v) is 6.26. The number of aromatic amines is 1. The molecule has 0 radical (unpaired) electrons. The van der Waals surface area contributed by atoms with Crippen LogP contribution in [0.4, 0.5) is 5.69 Å². The number of aromatic nitrogens is 3. The third-order valence-electron chi connectivity index (χ3n) is 4.54. The molecule has 0 spiro atoms. The molecule has 4 rings (SSSR count). The van der Waals surface area contributed by atoms with Gasteiger partial charge in [-0.25, -0.2) is 4.98 Å². The van der Waals surface area contributed by atoms with Crippen LogP contribution >= 0.6 is 0 Å². The molecule has 3 heterocycles. The molecule has 0 amide bonds. The Balaban J connectivity index is 1.71. The molecule has 3 aromatic rings. The highest BCUT2D eigenvalue weighted by atomic mass is 14.9. The molecular weight excluding hydrogens is 296 g/mol. The minimum atomic E-state index is 0.526. The highest BCUT2D eigenvalue weighted by Crippen LogP contribution is 2.29. The van der Waals surface area contributed by atoms with Crippen LogP contribution in [0.1, 0.15) is 43.2 Å². The fourth-order valence-electron chi connectivity index (χ4n) is 3.29. The van der Waals surface area contributed by atoms with Crippen LogP contribution in [0.15, 0.2) is 43.0 Å². The zero-order valence-electron chi connectivity index (χ0n) is 13.5. The first kappa shape index (κ1) is 14.8. The van der Waals surface area contributed by atoms with E-state index in [0.717, 1.165) is 27.8 Å². The predicted molar refractivity (Wildman–Crippen MR) is 96.8 cm³/mol. The summed E-state index contributed by atoms with van der Waals surface area (Å²) in [7, 11) is 0. The third-order valence-corrected chi connectivity index (χ3v) is 4.54. The predicted octanol–water partition coefficient (Wildman–Crippen LogP) is 4.10. The van der Waals surface area contributed by atoms with Crippen LogP contribution in [0.3, 0.4) is 0 Å². The van der Waals surface area contributed by atoms with Crippen molar-refractivity contribution in [2.75, 3.05) is 5.32 Å². The zero-order chi connectivity index (χ0) is 16.2. The molecule has 0 aromatic carbocycles. The summed E-state index contributed by atoms with van der Waals surface area (Å²) >= 11 is 0. The van der Waals surface area contributed by atoms with E-state index in [1.807, 2.05) is 24.5 Å².